The van der Waals surface area contributed by atoms with Gasteiger partial charge in [0.1, 0.15) is 17.5 Å². The number of rotatable bonds is 2. The molecule has 1 aromatic rings. The van der Waals surface area contributed by atoms with Crippen LogP contribution in [0.25, 0.3) is 0 Å². The number of hydrogen-bond donors (Lipinski definition) is 0. The topological polar surface area (TPSA) is 87.9 Å². The number of nitrogens with zero attached hydrogens (tertiary/aromatic N) is 4. The van der Waals surface area contributed by atoms with Gasteiger partial charge in [-0.2, -0.15) is 5.26 Å². The average molecular weight is 440 g/mol. The number of anilines is 1. The molecule has 0 saturated carbocycles. The predicted molar refractivity (Wildman–Crippen MR) is 122 cm³/mol. The van der Waals surface area contributed by atoms with E-state index in [1.54, 1.807) is 12.3 Å². The van der Waals surface area contributed by atoms with Crippen LogP contribution in [0, 0.1) is 11.3 Å². The Balaban J connectivity index is 1.49. The molecule has 3 saturated heterocycles. The van der Waals surface area contributed by atoms with Gasteiger partial charge in [0.2, 0.25) is 0 Å². The second-order valence-corrected chi connectivity index (χ2v) is 11.2. The maximum Gasteiger partial charge on any atom is 0.496 e. The van der Waals surface area contributed by atoms with Crippen LogP contribution < -0.4 is 10.4 Å². The maximum absolute atomic E-state index is 12.7. The van der Waals surface area contributed by atoms with Gasteiger partial charge in [-0.05, 0) is 67.4 Å². The molecule has 172 valence electrons. The summed E-state index contributed by atoms with van der Waals surface area (Å²) in [6.45, 7) is 15.6. The van der Waals surface area contributed by atoms with Crippen LogP contribution in [-0.2, 0) is 14.0 Å². The van der Waals surface area contributed by atoms with Crippen molar-refractivity contribution in [2.45, 2.75) is 83.6 Å². The van der Waals surface area contributed by atoms with E-state index in [0.717, 1.165) is 18.3 Å². The lowest BCUT2D eigenvalue weighted by Gasteiger charge is -2.53. The molecule has 0 atom stereocenters. The monoisotopic (exact) mass is 440 g/mol. The Kier molecular flexibility index (Phi) is 5.26. The third-order valence-corrected chi connectivity index (χ3v) is 7.01. The van der Waals surface area contributed by atoms with E-state index in [9.17, 15) is 10.1 Å². The number of aromatic nitrogens is 1. The number of pyridine rings is 1. The zero-order valence-electron chi connectivity index (χ0n) is 20.2. The number of carbonyl (C=O) groups excluding carboxylic acids is 1. The predicted octanol–water partition coefficient (Wildman–Crippen LogP) is 2.84. The summed E-state index contributed by atoms with van der Waals surface area (Å²) in [5.41, 5.74) is -0.477. The maximum atomic E-state index is 12.7. The van der Waals surface area contributed by atoms with Gasteiger partial charge in [-0.3, -0.25) is 4.90 Å². The summed E-state index contributed by atoms with van der Waals surface area (Å²) in [5.74, 6) is 0.634. The van der Waals surface area contributed by atoms with Crippen LogP contribution in [-0.4, -0.2) is 65.1 Å². The highest BCUT2D eigenvalue weighted by molar-refractivity contribution is 6.62. The number of likely N-dealkylation sites (tertiary alicyclic amines) is 1. The minimum absolute atomic E-state index is 0.249. The molecule has 1 aromatic heterocycles. The highest BCUT2D eigenvalue weighted by atomic mass is 16.7. The van der Waals surface area contributed by atoms with Crippen LogP contribution in [0.5, 0.6) is 0 Å². The van der Waals surface area contributed by atoms with Crippen molar-refractivity contribution in [2.24, 2.45) is 0 Å². The first-order valence-corrected chi connectivity index (χ1v) is 11.3. The minimum atomic E-state index is -0.561. The first-order chi connectivity index (χ1) is 14.8. The summed E-state index contributed by atoms with van der Waals surface area (Å²) < 4.78 is 17.8. The number of nitriles is 1. The Morgan fingerprint density at radius 1 is 1.22 bits per heavy atom. The van der Waals surface area contributed by atoms with Crippen LogP contribution in [0.1, 0.15) is 66.9 Å². The van der Waals surface area contributed by atoms with Crippen molar-refractivity contribution < 1.29 is 18.8 Å². The van der Waals surface area contributed by atoms with Crippen LogP contribution in [0.15, 0.2) is 12.3 Å². The Morgan fingerprint density at radius 3 is 2.41 bits per heavy atom. The summed E-state index contributed by atoms with van der Waals surface area (Å²) in [5, 5.41) is 9.80. The molecule has 4 heterocycles. The molecule has 1 amide bonds. The lowest BCUT2D eigenvalue weighted by Crippen LogP contribution is -2.69. The summed E-state index contributed by atoms with van der Waals surface area (Å²) in [6, 6.07) is 4.07. The smallest absolute Gasteiger partial charge is 0.444 e. The Bertz CT molecular complexity index is 944. The van der Waals surface area contributed by atoms with Crippen LogP contribution in [0.3, 0.4) is 0 Å². The molecular weight excluding hydrogens is 407 g/mol. The molecule has 9 heteroatoms. The molecule has 0 N–H and O–H groups in total. The second-order valence-electron chi connectivity index (χ2n) is 11.2. The third kappa shape index (κ3) is 3.84. The fraction of sp³-hybridized carbons (Fsp3) is 0.696. The van der Waals surface area contributed by atoms with E-state index in [2.05, 4.69) is 16.0 Å². The van der Waals surface area contributed by atoms with E-state index in [0.29, 0.717) is 31.0 Å². The molecule has 0 radical (unpaired) electrons. The van der Waals surface area contributed by atoms with E-state index < -0.39 is 23.9 Å². The highest BCUT2D eigenvalue weighted by Crippen LogP contribution is 2.41. The van der Waals surface area contributed by atoms with E-state index in [-0.39, 0.29) is 11.6 Å². The van der Waals surface area contributed by atoms with Gasteiger partial charge in [0, 0.05) is 31.3 Å². The molecule has 8 nitrogen and oxygen atoms in total. The van der Waals surface area contributed by atoms with Crippen LogP contribution in [0.4, 0.5) is 10.6 Å². The number of hydrogen-bond acceptors (Lipinski definition) is 7. The molecule has 0 bridgehead atoms. The van der Waals surface area contributed by atoms with Crippen molar-refractivity contribution in [3.8, 4) is 6.07 Å². The fourth-order valence-electron chi connectivity index (χ4n) is 4.60. The van der Waals surface area contributed by atoms with Gasteiger partial charge in [0.05, 0.1) is 22.3 Å². The Labute approximate surface area is 191 Å². The summed E-state index contributed by atoms with van der Waals surface area (Å²) in [4.78, 5) is 21.3. The molecule has 0 unspecified atom stereocenters. The molecule has 3 aliphatic heterocycles. The zero-order chi connectivity index (χ0) is 23.5. The first-order valence-electron chi connectivity index (χ1n) is 11.3. The minimum Gasteiger partial charge on any atom is -0.444 e. The van der Waals surface area contributed by atoms with Crippen molar-refractivity contribution in [3.63, 3.8) is 0 Å². The van der Waals surface area contributed by atoms with Gasteiger partial charge in [0.15, 0.2) is 0 Å². The van der Waals surface area contributed by atoms with E-state index in [4.69, 9.17) is 14.0 Å². The Hall–Kier alpha value is -2.31. The van der Waals surface area contributed by atoms with Gasteiger partial charge >= 0.3 is 13.2 Å². The van der Waals surface area contributed by atoms with Gasteiger partial charge in [-0.15, -0.1) is 0 Å². The summed E-state index contributed by atoms with van der Waals surface area (Å²) >= 11 is 0. The second kappa shape index (κ2) is 7.36. The first kappa shape index (κ1) is 22.9. The van der Waals surface area contributed by atoms with E-state index in [1.165, 1.54) is 0 Å². The third-order valence-electron chi connectivity index (χ3n) is 7.01. The highest BCUT2D eigenvalue weighted by Gasteiger charge is 2.54. The van der Waals surface area contributed by atoms with Crippen molar-refractivity contribution in [1.82, 2.24) is 9.88 Å². The van der Waals surface area contributed by atoms with Crippen LogP contribution >= 0.6 is 0 Å². The molecule has 4 rings (SSSR count). The molecule has 32 heavy (non-hydrogen) atoms. The largest absolute Gasteiger partial charge is 0.496 e. The van der Waals surface area contributed by atoms with E-state index >= 15 is 0 Å². The number of carbonyl (C=O) groups is 1. The average Bonchev–Trinajstić information content (AvgIpc) is 3.17. The van der Waals surface area contributed by atoms with Crippen molar-refractivity contribution in [3.05, 3.63) is 17.8 Å². The van der Waals surface area contributed by atoms with Crippen molar-refractivity contribution >= 4 is 24.5 Å². The fourth-order valence-corrected chi connectivity index (χ4v) is 4.60. The zero-order valence-corrected chi connectivity index (χ0v) is 20.2. The molecule has 3 fully saturated rings. The number of amides is 1. The van der Waals surface area contributed by atoms with Crippen LogP contribution in [0.2, 0.25) is 0 Å². The summed E-state index contributed by atoms with van der Waals surface area (Å²) in [7, 11) is -0.561. The summed E-state index contributed by atoms with van der Waals surface area (Å²) in [6.07, 6.45) is 3.34. The lowest BCUT2D eigenvalue weighted by molar-refractivity contribution is 0.00224. The molecular formula is C23H33BN4O4. The van der Waals surface area contributed by atoms with Crippen molar-refractivity contribution in [2.75, 3.05) is 24.5 Å². The molecule has 3 aliphatic rings. The van der Waals surface area contributed by atoms with Gasteiger partial charge in [-0.1, -0.05) is 0 Å². The van der Waals surface area contributed by atoms with E-state index in [1.807, 2.05) is 53.4 Å². The quantitative estimate of drug-likeness (QED) is 0.654. The SMILES string of the molecule is CC(C)(C)OC(=O)N1CCCC12CN(c1ncc(B3OC(C)(C)C(C)(C)O3)cc1C#N)C2. The van der Waals surface area contributed by atoms with Gasteiger partial charge in [-0.25, -0.2) is 9.78 Å². The molecule has 0 aromatic carbocycles. The van der Waals surface area contributed by atoms with Gasteiger partial charge in [0.25, 0.3) is 0 Å². The molecule has 1 spiro atoms. The molecule has 0 aliphatic carbocycles. The van der Waals surface area contributed by atoms with Gasteiger partial charge < -0.3 is 18.9 Å². The lowest BCUT2D eigenvalue weighted by atomic mass is 9.79. The normalized spacial score (nSPS) is 23.2. The van der Waals surface area contributed by atoms with Crippen molar-refractivity contribution in [1.29, 1.82) is 5.26 Å². The Morgan fingerprint density at radius 2 is 1.84 bits per heavy atom. The number of ether oxygens (including phenoxy) is 1. The standard InChI is InChI=1S/C23H33BN4O4/c1-20(2,3)30-19(29)28-10-8-9-23(28)14-27(15-23)18-16(12-25)11-17(13-26-18)24-31-21(4,5)22(6,7)32-24/h11,13H,8-10,14-15H2,1-7H3.